The number of carbonyl (C=O) groups is 2. The molecular formula is C21H19ClN2O3. The van der Waals surface area contributed by atoms with Gasteiger partial charge in [0.25, 0.3) is 5.91 Å². The van der Waals surface area contributed by atoms with E-state index in [-0.39, 0.29) is 11.7 Å². The first-order valence-electron chi connectivity index (χ1n) is 8.52. The van der Waals surface area contributed by atoms with Gasteiger partial charge in [-0.15, -0.1) is 0 Å². The van der Waals surface area contributed by atoms with Crippen molar-refractivity contribution in [3.8, 4) is 0 Å². The Morgan fingerprint density at radius 1 is 0.963 bits per heavy atom. The molecule has 3 rings (SSSR count). The van der Waals surface area contributed by atoms with Crippen LogP contribution < -0.4 is 10.6 Å². The Morgan fingerprint density at radius 3 is 2.44 bits per heavy atom. The number of hydrogen-bond donors (Lipinski definition) is 2. The van der Waals surface area contributed by atoms with Crippen LogP contribution in [0.2, 0.25) is 5.02 Å². The topological polar surface area (TPSA) is 71.3 Å². The van der Waals surface area contributed by atoms with Crippen molar-refractivity contribution in [3.63, 3.8) is 0 Å². The van der Waals surface area contributed by atoms with Gasteiger partial charge in [0, 0.05) is 18.0 Å². The molecule has 0 radical (unpaired) electrons. The van der Waals surface area contributed by atoms with Gasteiger partial charge in [-0.2, -0.15) is 0 Å². The number of furan rings is 1. The fourth-order valence-electron chi connectivity index (χ4n) is 2.66. The fraction of sp³-hybridized carbons (Fsp3) is 0.143. The van der Waals surface area contributed by atoms with Crippen molar-refractivity contribution in [1.29, 1.82) is 0 Å². The molecule has 6 heteroatoms. The lowest BCUT2D eigenvalue weighted by atomic mass is 10.0. The maximum Gasteiger partial charge on any atom is 0.287 e. The van der Waals surface area contributed by atoms with Gasteiger partial charge < -0.3 is 15.1 Å². The molecule has 1 heterocycles. The highest BCUT2D eigenvalue weighted by atomic mass is 35.5. The molecule has 1 aromatic heterocycles. The van der Waals surface area contributed by atoms with Gasteiger partial charge in [-0.3, -0.25) is 9.59 Å². The third kappa shape index (κ3) is 5.46. The third-order valence-corrected chi connectivity index (χ3v) is 4.24. The van der Waals surface area contributed by atoms with Crippen molar-refractivity contribution in [2.45, 2.75) is 19.0 Å². The Bertz CT molecular complexity index is 895. The highest BCUT2D eigenvalue weighted by molar-refractivity contribution is 6.30. The van der Waals surface area contributed by atoms with Gasteiger partial charge in [0.2, 0.25) is 5.91 Å². The first-order chi connectivity index (χ1) is 13.1. The minimum absolute atomic E-state index is 0.163. The zero-order valence-corrected chi connectivity index (χ0v) is 15.3. The molecule has 0 bridgehead atoms. The van der Waals surface area contributed by atoms with E-state index < -0.39 is 11.9 Å². The molecule has 0 saturated carbocycles. The molecule has 0 aliphatic rings. The molecule has 2 amide bonds. The minimum Gasteiger partial charge on any atom is -0.459 e. The second-order valence-corrected chi connectivity index (χ2v) is 6.48. The molecule has 27 heavy (non-hydrogen) atoms. The molecule has 0 spiro atoms. The van der Waals surface area contributed by atoms with E-state index in [0.717, 1.165) is 11.1 Å². The third-order valence-electron chi connectivity index (χ3n) is 4.01. The normalized spacial score (nSPS) is 11.6. The van der Waals surface area contributed by atoms with Crippen LogP contribution in [0.3, 0.4) is 0 Å². The van der Waals surface area contributed by atoms with Crippen LogP contribution in [0, 0.1) is 0 Å². The van der Waals surface area contributed by atoms with Crippen LogP contribution in [0.4, 0.5) is 0 Å². The molecule has 0 saturated heterocycles. The zero-order chi connectivity index (χ0) is 19.1. The minimum atomic E-state index is -0.732. The summed E-state index contributed by atoms with van der Waals surface area (Å²) in [7, 11) is 0. The maximum atomic E-state index is 12.7. The van der Waals surface area contributed by atoms with E-state index in [2.05, 4.69) is 10.6 Å². The fourth-order valence-corrected chi connectivity index (χ4v) is 2.87. The highest BCUT2D eigenvalue weighted by Crippen LogP contribution is 2.11. The summed E-state index contributed by atoms with van der Waals surface area (Å²) in [4.78, 5) is 25.0. The van der Waals surface area contributed by atoms with E-state index in [1.165, 1.54) is 6.26 Å². The molecule has 0 fully saturated rings. The van der Waals surface area contributed by atoms with Gasteiger partial charge in [0.05, 0.1) is 6.26 Å². The molecule has 2 aromatic carbocycles. The number of benzene rings is 2. The van der Waals surface area contributed by atoms with E-state index in [9.17, 15) is 9.59 Å². The lowest BCUT2D eigenvalue weighted by Crippen LogP contribution is -2.47. The van der Waals surface area contributed by atoms with Gasteiger partial charge in [0.15, 0.2) is 5.76 Å². The van der Waals surface area contributed by atoms with Crippen molar-refractivity contribution >= 4 is 23.4 Å². The number of hydrogen-bond acceptors (Lipinski definition) is 3. The molecule has 1 atom stereocenters. The Labute approximate surface area is 162 Å². The molecule has 5 nitrogen and oxygen atoms in total. The van der Waals surface area contributed by atoms with Gasteiger partial charge >= 0.3 is 0 Å². The summed E-state index contributed by atoms with van der Waals surface area (Å²) in [6.07, 6.45) is 1.79. The lowest BCUT2D eigenvalue weighted by molar-refractivity contribution is -0.123. The van der Waals surface area contributed by atoms with E-state index in [1.54, 1.807) is 24.3 Å². The Hall–Kier alpha value is -3.05. The molecule has 0 aliphatic carbocycles. The summed E-state index contributed by atoms with van der Waals surface area (Å²) >= 11 is 5.98. The quantitative estimate of drug-likeness (QED) is 0.656. The van der Waals surface area contributed by atoms with Crippen molar-refractivity contribution in [2.24, 2.45) is 0 Å². The second-order valence-electron chi connectivity index (χ2n) is 6.04. The SMILES string of the molecule is O=C(N[C@@H](Cc1ccccc1)C(=O)NCc1cccc(Cl)c1)c1ccco1. The van der Waals surface area contributed by atoms with Gasteiger partial charge in [-0.05, 0) is 35.4 Å². The van der Waals surface area contributed by atoms with Gasteiger partial charge in [-0.1, -0.05) is 54.1 Å². The first-order valence-corrected chi connectivity index (χ1v) is 8.90. The largest absolute Gasteiger partial charge is 0.459 e. The van der Waals surface area contributed by atoms with E-state index in [1.807, 2.05) is 42.5 Å². The molecule has 0 aliphatic heterocycles. The smallest absolute Gasteiger partial charge is 0.287 e. The van der Waals surface area contributed by atoms with Crippen LogP contribution in [-0.4, -0.2) is 17.9 Å². The molecule has 3 aromatic rings. The number of nitrogens with one attached hydrogen (secondary N) is 2. The standard InChI is InChI=1S/C21H19ClN2O3/c22-17-9-4-8-16(12-17)14-23-20(25)18(13-15-6-2-1-3-7-15)24-21(26)19-10-5-11-27-19/h1-12,18H,13-14H2,(H,23,25)(H,24,26)/t18-/m0/s1. The number of halogens is 1. The predicted molar refractivity (Wildman–Crippen MR) is 103 cm³/mol. The molecule has 138 valence electrons. The molecular weight excluding hydrogens is 364 g/mol. The average molecular weight is 383 g/mol. The van der Waals surface area contributed by atoms with Crippen LogP contribution in [0.25, 0.3) is 0 Å². The van der Waals surface area contributed by atoms with Crippen LogP contribution in [0.15, 0.2) is 77.4 Å². The Morgan fingerprint density at radius 2 is 1.74 bits per heavy atom. The van der Waals surface area contributed by atoms with Gasteiger partial charge in [0.1, 0.15) is 6.04 Å². The van der Waals surface area contributed by atoms with Crippen molar-refractivity contribution in [3.05, 3.63) is 94.9 Å². The van der Waals surface area contributed by atoms with Crippen molar-refractivity contribution < 1.29 is 14.0 Å². The molecule has 2 N–H and O–H groups in total. The Balaban J connectivity index is 1.69. The van der Waals surface area contributed by atoms with E-state index in [4.69, 9.17) is 16.0 Å². The summed E-state index contributed by atoms with van der Waals surface area (Å²) < 4.78 is 5.11. The van der Waals surface area contributed by atoms with Crippen molar-refractivity contribution in [1.82, 2.24) is 10.6 Å². The summed E-state index contributed by atoms with van der Waals surface area (Å²) in [6.45, 7) is 0.321. The van der Waals surface area contributed by atoms with Crippen LogP contribution in [0.5, 0.6) is 0 Å². The predicted octanol–water partition coefficient (Wildman–Crippen LogP) is 3.59. The zero-order valence-electron chi connectivity index (χ0n) is 14.5. The van der Waals surface area contributed by atoms with E-state index >= 15 is 0 Å². The monoisotopic (exact) mass is 382 g/mol. The summed E-state index contributed by atoms with van der Waals surface area (Å²) in [5.74, 6) is -0.548. The summed E-state index contributed by atoms with van der Waals surface area (Å²) in [5.41, 5.74) is 1.83. The van der Waals surface area contributed by atoms with Gasteiger partial charge in [-0.25, -0.2) is 0 Å². The maximum absolute atomic E-state index is 12.7. The highest BCUT2D eigenvalue weighted by Gasteiger charge is 2.22. The lowest BCUT2D eigenvalue weighted by Gasteiger charge is -2.18. The Kier molecular flexibility index (Phi) is 6.28. The van der Waals surface area contributed by atoms with Crippen LogP contribution in [-0.2, 0) is 17.8 Å². The second kappa shape index (κ2) is 9.05. The van der Waals surface area contributed by atoms with Crippen LogP contribution >= 0.6 is 11.6 Å². The number of rotatable bonds is 7. The number of carbonyl (C=O) groups excluding carboxylic acids is 2. The average Bonchev–Trinajstić information content (AvgIpc) is 3.21. The summed E-state index contributed by atoms with van der Waals surface area (Å²) in [6, 6.07) is 19.2. The van der Waals surface area contributed by atoms with Crippen LogP contribution in [0.1, 0.15) is 21.7 Å². The molecule has 0 unspecified atom stereocenters. The first kappa shape index (κ1) is 18.7. The van der Waals surface area contributed by atoms with Crippen molar-refractivity contribution in [2.75, 3.05) is 0 Å². The summed E-state index contributed by atoms with van der Waals surface area (Å²) in [5, 5.41) is 6.20. The number of amides is 2. The van der Waals surface area contributed by atoms with E-state index in [0.29, 0.717) is 18.0 Å².